The summed E-state index contributed by atoms with van der Waals surface area (Å²) < 4.78 is 15.0. The molecule has 0 fully saturated rings. The largest absolute Gasteiger partial charge is 0.360 e. The van der Waals surface area contributed by atoms with E-state index in [2.05, 4.69) is 10.1 Å². The fraction of sp³-hybridized carbons (Fsp3) is 0.250. The Hall–Kier alpha value is -2.63. The van der Waals surface area contributed by atoms with Crippen LogP contribution in [0.1, 0.15) is 6.42 Å². The molecule has 0 aliphatic heterocycles. The molecule has 3 aromatic rings. The predicted octanol–water partition coefficient (Wildman–Crippen LogP) is 2.65. The molecule has 2 aromatic heterocycles. The van der Waals surface area contributed by atoms with Crippen LogP contribution >= 0.6 is 0 Å². The van der Waals surface area contributed by atoms with Gasteiger partial charge in [0.25, 0.3) is 0 Å². The lowest BCUT2D eigenvalue weighted by molar-refractivity contribution is -0.128. The Kier molecular flexibility index (Phi) is 3.66. The summed E-state index contributed by atoms with van der Waals surface area (Å²) in [7, 11) is 3.48. The number of benzene rings is 1. The van der Waals surface area contributed by atoms with Crippen molar-refractivity contribution in [2.75, 3.05) is 14.1 Å². The van der Waals surface area contributed by atoms with Gasteiger partial charge in [0.1, 0.15) is 5.82 Å². The zero-order valence-corrected chi connectivity index (χ0v) is 12.5. The van der Waals surface area contributed by atoms with Crippen molar-refractivity contribution in [3.05, 3.63) is 42.6 Å². The monoisotopic (exact) mass is 300 g/mol. The van der Waals surface area contributed by atoms with Gasteiger partial charge in [0.2, 0.25) is 5.91 Å². The van der Waals surface area contributed by atoms with Crippen LogP contribution in [0.25, 0.3) is 22.0 Å². The number of nitrogens with one attached hydrogen (secondary N) is 1. The minimum absolute atomic E-state index is 0.0691. The third-order valence-electron chi connectivity index (χ3n) is 3.64. The number of halogens is 1. The number of aromatic amines is 1. The van der Waals surface area contributed by atoms with Gasteiger partial charge in [-0.2, -0.15) is 5.10 Å². The molecule has 0 aliphatic carbocycles. The lowest BCUT2D eigenvalue weighted by Crippen LogP contribution is -2.22. The number of aryl methyl sites for hydroxylation is 1. The lowest BCUT2D eigenvalue weighted by Gasteiger charge is -2.09. The summed E-state index contributed by atoms with van der Waals surface area (Å²) in [6.07, 6.45) is 5.91. The van der Waals surface area contributed by atoms with Crippen LogP contribution in [-0.4, -0.2) is 39.7 Å². The molecule has 0 atom stereocenters. The van der Waals surface area contributed by atoms with Gasteiger partial charge in [-0.25, -0.2) is 4.39 Å². The fourth-order valence-electron chi connectivity index (χ4n) is 2.40. The molecular weight excluding hydrogens is 283 g/mol. The highest BCUT2D eigenvalue weighted by molar-refractivity contribution is 5.95. The average molecular weight is 300 g/mol. The first-order valence-corrected chi connectivity index (χ1v) is 7.04. The number of rotatable bonds is 4. The molecule has 0 aliphatic rings. The van der Waals surface area contributed by atoms with Gasteiger partial charge in [-0.15, -0.1) is 0 Å². The van der Waals surface area contributed by atoms with Crippen LogP contribution in [0, 0.1) is 5.82 Å². The van der Waals surface area contributed by atoms with Crippen LogP contribution in [0.15, 0.2) is 36.8 Å². The number of hydrogen-bond acceptors (Lipinski definition) is 2. The van der Waals surface area contributed by atoms with Gasteiger partial charge in [0, 0.05) is 61.5 Å². The molecule has 1 N–H and O–H groups in total. The number of H-pyrrole nitrogens is 1. The molecule has 6 heteroatoms. The molecule has 0 saturated heterocycles. The number of fused-ring (bicyclic) bond motifs is 1. The Balaban J connectivity index is 1.82. The molecule has 1 amide bonds. The van der Waals surface area contributed by atoms with Crippen molar-refractivity contribution in [3.8, 4) is 11.1 Å². The molecule has 1 aromatic carbocycles. The molecule has 114 valence electrons. The topological polar surface area (TPSA) is 53.9 Å². The Morgan fingerprint density at radius 1 is 1.41 bits per heavy atom. The van der Waals surface area contributed by atoms with Gasteiger partial charge in [-0.05, 0) is 18.2 Å². The first kappa shape index (κ1) is 14.3. The zero-order chi connectivity index (χ0) is 15.7. The van der Waals surface area contributed by atoms with Crippen molar-refractivity contribution in [1.29, 1.82) is 0 Å². The summed E-state index contributed by atoms with van der Waals surface area (Å²) in [4.78, 5) is 16.2. The van der Waals surface area contributed by atoms with Crippen molar-refractivity contribution in [1.82, 2.24) is 19.7 Å². The third kappa shape index (κ3) is 2.72. The molecule has 5 nitrogen and oxygen atoms in total. The van der Waals surface area contributed by atoms with Crippen LogP contribution in [0.4, 0.5) is 4.39 Å². The quantitative estimate of drug-likeness (QED) is 0.805. The minimum atomic E-state index is -0.265. The summed E-state index contributed by atoms with van der Waals surface area (Å²) in [5.74, 6) is -0.196. The minimum Gasteiger partial charge on any atom is -0.360 e. The average Bonchev–Trinajstić information content (AvgIpc) is 3.10. The lowest BCUT2D eigenvalue weighted by atomic mass is 10.1. The van der Waals surface area contributed by atoms with Crippen LogP contribution in [0.2, 0.25) is 0 Å². The van der Waals surface area contributed by atoms with Gasteiger partial charge >= 0.3 is 0 Å². The maximum atomic E-state index is 13.2. The predicted molar refractivity (Wildman–Crippen MR) is 82.8 cm³/mol. The van der Waals surface area contributed by atoms with Crippen LogP contribution < -0.4 is 0 Å². The summed E-state index contributed by atoms with van der Waals surface area (Å²) in [5, 5.41) is 5.24. The fourth-order valence-corrected chi connectivity index (χ4v) is 2.40. The van der Waals surface area contributed by atoms with E-state index in [0.29, 0.717) is 13.0 Å². The smallest absolute Gasteiger partial charge is 0.223 e. The number of carbonyl (C=O) groups excluding carboxylic acids is 1. The van der Waals surface area contributed by atoms with E-state index in [-0.39, 0.29) is 11.7 Å². The van der Waals surface area contributed by atoms with E-state index < -0.39 is 0 Å². The molecule has 0 radical (unpaired) electrons. The number of hydrogen-bond donors (Lipinski definition) is 1. The first-order chi connectivity index (χ1) is 10.5. The Labute approximate surface area is 127 Å². The van der Waals surface area contributed by atoms with Gasteiger partial charge in [0.15, 0.2) is 0 Å². The van der Waals surface area contributed by atoms with E-state index >= 15 is 0 Å². The Bertz CT molecular complexity index is 819. The van der Waals surface area contributed by atoms with Crippen LogP contribution in [0.3, 0.4) is 0 Å². The Morgan fingerprint density at radius 2 is 2.23 bits per heavy atom. The van der Waals surface area contributed by atoms with Crippen LogP contribution in [-0.2, 0) is 11.3 Å². The molecule has 2 heterocycles. The highest BCUT2D eigenvalue weighted by atomic mass is 19.1. The van der Waals surface area contributed by atoms with E-state index in [4.69, 9.17) is 0 Å². The first-order valence-electron chi connectivity index (χ1n) is 7.04. The zero-order valence-electron chi connectivity index (χ0n) is 12.5. The highest BCUT2D eigenvalue weighted by Crippen LogP contribution is 2.28. The van der Waals surface area contributed by atoms with Crippen molar-refractivity contribution in [2.24, 2.45) is 0 Å². The molecule has 0 saturated carbocycles. The maximum absolute atomic E-state index is 13.2. The van der Waals surface area contributed by atoms with E-state index in [1.54, 1.807) is 35.9 Å². The second-order valence-corrected chi connectivity index (χ2v) is 5.42. The number of amides is 1. The molecule has 0 spiro atoms. The SMILES string of the molecule is CN(C)C(=O)CCn1cc(-c2c[nH]c3cc(F)ccc23)cn1. The maximum Gasteiger partial charge on any atom is 0.223 e. The normalized spacial score (nSPS) is 11.0. The van der Waals surface area contributed by atoms with E-state index in [1.165, 1.54) is 12.1 Å². The second kappa shape index (κ2) is 5.63. The molecular formula is C16H17FN4O. The van der Waals surface area contributed by atoms with E-state index in [0.717, 1.165) is 22.0 Å². The van der Waals surface area contributed by atoms with Gasteiger partial charge in [-0.1, -0.05) is 0 Å². The van der Waals surface area contributed by atoms with E-state index in [9.17, 15) is 9.18 Å². The molecule has 3 rings (SSSR count). The van der Waals surface area contributed by atoms with E-state index in [1.807, 2.05) is 12.4 Å². The van der Waals surface area contributed by atoms with Crippen molar-refractivity contribution in [3.63, 3.8) is 0 Å². The number of nitrogens with zero attached hydrogens (tertiary/aromatic N) is 3. The summed E-state index contributed by atoms with van der Waals surface area (Å²) in [6.45, 7) is 0.536. The van der Waals surface area contributed by atoms with Gasteiger partial charge in [-0.3, -0.25) is 9.48 Å². The summed E-state index contributed by atoms with van der Waals surface area (Å²) in [5.41, 5.74) is 2.67. The number of aromatic nitrogens is 3. The highest BCUT2D eigenvalue weighted by Gasteiger charge is 2.10. The third-order valence-corrected chi connectivity index (χ3v) is 3.64. The summed E-state index contributed by atoms with van der Waals surface area (Å²) in [6, 6.07) is 4.67. The second-order valence-electron chi connectivity index (χ2n) is 5.42. The van der Waals surface area contributed by atoms with Gasteiger partial charge in [0.05, 0.1) is 6.20 Å². The number of carbonyl (C=O) groups is 1. The molecule has 0 unspecified atom stereocenters. The standard InChI is InChI=1S/C16H17FN4O/c1-20(2)16(22)5-6-21-10-11(8-19-21)14-9-18-15-7-12(17)3-4-13(14)15/h3-4,7-10,18H,5-6H2,1-2H3. The summed E-state index contributed by atoms with van der Waals surface area (Å²) >= 11 is 0. The molecule has 0 bridgehead atoms. The van der Waals surface area contributed by atoms with Gasteiger partial charge < -0.3 is 9.88 Å². The van der Waals surface area contributed by atoms with Crippen LogP contribution in [0.5, 0.6) is 0 Å². The van der Waals surface area contributed by atoms with Crippen molar-refractivity contribution >= 4 is 16.8 Å². The molecule has 22 heavy (non-hydrogen) atoms. The van der Waals surface area contributed by atoms with Crippen molar-refractivity contribution < 1.29 is 9.18 Å². The Morgan fingerprint density at radius 3 is 3.00 bits per heavy atom. The van der Waals surface area contributed by atoms with Crippen molar-refractivity contribution in [2.45, 2.75) is 13.0 Å².